The van der Waals surface area contributed by atoms with Gasteiger partial charge < -0.3 is 20.2 Å². The number of carbonyl (C=O) groups is 2. The van der Waals surface area contributed by atoms with Crippen molar-refractivity contribution in [2.45, 2.75) is 26.9 Å². The maximum absolute atomic E-state index is 11.9. The zero-order valence-electron chi connectivity index (χ0n) is 13.6. The van der Waals surface area contributed by atoms with E-state index in [0.29, 0.717) is 27.8 Å². The Morgan fingerprint density at radius 1 is 1.21 bits per heavy atom. The van der Waals surface area contributed by atoms with E-state index in [0.717, 1.165) is 5.56 Å². The largest absolute Gasteiger partial charge is 0.466 e. The molecule has 24 heavy (non-hydrogen) atoms. The van der Waals surface area contributed by atoms with Crippen molar-refractivity contribution in [3.8, 4) is 0 Å². The Balaban J connectivity index is 1.90. The maximum Gasteiger partial charge on any atom is 0.313 e. The van der Waals surface area contributed by atoms with Gasteiger partial charge in [-0.3, -0.25) is 9.59 Å². The number of furan rings is 1. The number of hydrogen-bond donors (Lipinski definition) is 3. The van der Waals surface area contributed by atoms with Crippen LogP contribution < -0.4 is 10.6 Å². The fraction of sp³-hybridized carbons (Fsp3) is 0.294. The van der Waals surface area contributed by atoms with Crippen molar-refractivity contribution in [1.29, 1.82) is 0 Å². The molecule has 0 radical (unpaired) electrons. The van der Waals surface area contributed by atoms with Crippen LogP contribution in [0.5, 0.6) is 0 Å². The second-order valence-electron chi connectivity index (χ2n) is 5.51. The average molecular weight is 351 g/mol. The monoisotopic (exact) mass is 350 g/mol. The van der Waals surface area contributed by atoms with Crippen LogP contribution in [0, 0.1) is 20.8 Å². The van der Waals surface area contributed by atoms with Crippen LogP contribution in [0.1, 0.15) is 28.8 Å². The Morgan fingerprint density at radius 2 is 1.92 bits per heavy atom. The van der Waals surface area contributed by atoms with Gasteiger partial charge in [0.05, 0.1) is 6.10 Å². The van der Waals surface area contributed by atoms with Gasteiger partial charge in [0, 0.05) is 22.8 Å². The Bertz CT molecular complexity index is 770. The minimum absolute atomic E-state index is 0.0965. The van der Waals surface area contributed by atoms with Crippen LogP contribution >= 0.6 is 11.6 Å². The van der Waals surface area contributed by atoms with E-state index in [-0.39, 0.29) is 6.54 Å². The van der Waals surface area contributed by atoms with Crippen molar-refractivity contribution < 1.29 is 19.1 Å². The van der Waals surface area contributed by atoms with Crippen LogP contribution in [0.4, 0.5) is 5.69 Å². The number of aliphatic hydroxyl groups is 1. The van der Waals surface area contributed by atoms with Gasteiger partial charge in [0.15, 0.2) is 0 Å². The first kappa shape index (κ1) is 18.0. The van der Waals surface area contributed by atoms with Crippen molar-refractivity contribution in [3.05, 3.63) is 51.9 Å². The zero-order valence-corrected chi connectivity index (χ0v) is 14.4. The number of hydrogen-bond acceptors (Lipinski definition) is 4. The molecule has 128 valence electrons. The second kappa shape index (κ2) is 7.51. The molecule has 2 rings (SSSR count). The van der Waals surface area contributed by atoms with Crippen LogP contribution in [0.2, 0.25) is 5.02 Å². The minimum Gasteiger partial charge on any atom is -0.466 e. The summed E-state index contributed by atoms with van der Waals surface area (Å²) in [5.41, 5.74) is 1.87. The molecular formula is C17H19ClN2O4. The summed E-state index contributed by atoms with van der Waals surface area (Å²) in [4.78, 5) is 23.7. The smallest absolute Gasteiger partial charge is 0.313 e. The van der Waals surface area contributed by atoms with Gasteiger partial charge in [-0.05, 0) is 44.5 Å². The molecule has 7 heteroatoms. The number of benzene rings is 1. The topological polar surface area (TPSA) is 91.6 Å². The first-order valence-electron chi connectivity index (χ1n) is 7.38. The number of carbonyl (C=O) groups excluding carboxylic acids is 2. The van der Waals surface area contributed by atoms with Gasteiger partial charge in [-0.15, -0.1) is 0 Å². The third-order valence-electron chi connectivity index (χ3n) is 3.53. The van der Waals surface area contributed by atoms with Gasteiger partial charge in [0.25, 0.3) is 0 Å². The summed E-state index contributed by atoms with van der Waals surface area (Å²) in [7, 11) is 0. The first-order chi connectivity index (χ1) is 11.3. The van der Waals surface area contributed by atoms with Gasteiger partial charge in [-0.25, -0.2) is 0 Å². The average Bonchev–Trinajstić information content (AvgIpc) is 2.86. The molecule has 1 atom stereocenters. The summed E-state index contributed by atoms with van der Waals surface area (Å²) in [6.07, 6.45) is -0.951. The highest BCUT2D eigenvalue weighted by Crippen LogP contribution is 2.21. The Hall–Kier alpha value is -2.31. The standard InChI is InChI=1S/C17H19ClN2O4/c1-9-4-5-12(7-14(9)18)20-17(23)16(22)19-8-15(21)13-6-10(2)24-11(13)3/h4-7,15,21H,8H2,1-3H3,(H,19,22)(H,20,23). The minimum atomic E-state index is -0.951. The number of amides is 2. The third-order valence-corrected chi connectivity index (χ3v) is 3.94. The van der Waals surface area contributed by atoms with Crippen LogP contribution in [0.3, 0.4) is 0 Å². The predicted octanol–water partition coefficient (Wildman–Crippen LogP) is 2.65. The number of nitrogens with one attached hydrogen (secondary N) is 2. The number of halogens is 1. The second-order valence-corrected chi connectivity index (χ2v) is 5.92. The van der Waals surface area contributed by atoms with Gasteiger partial charge in [-0.2, -0.15) is 0 Å². The van der Waals surface area contributed by atoms with E-state index in [1.165, 1.54) is 0 Å². The van der Waals surface area contributed by atoms with E-state index < -0.39 is 17.9 Å². The quantitative estimate of drug-likeness (QED) is 0.739. The molecular weight excluding hydrogens is 332 g/mol. The van der Waals surface area contributed by atoms with Crippen molar-refractivity contribution in [1.82, 2.24) is 5.32 Å². The molecule has 0 fully saturated rings. The lowest BCUT2D eigenvalue weighted by molar-refractivity contribution is -0.136. The van der Waals surface area contributed by atoms with E-state index >= 15 is 0 Å². The van der Waals surface area contributed by atoms with Crippen molar-refractivity contribution in [3.63, 3.8) is 0 Å². The Morgan fingerprint density at radius 3 is 2.50 bits per heavy atom. The summed E-state index contributed by atoms with van der Waals surface area (Å²) < 4.78 is 5.33. The first-order valence-corrected chi connectivity index (χ1v) is 7.76. The highest BCUT2D eigenvalue weighted by atomic mass is 35.5. The molecule has 2 aromatic rings. The molecule has 1 aromatic carbocycles. The molecule has 0 saturated heterocycles. The molecule has 0 aliphatic carbocycles. The molecule has 1 heterocycles. The van der Waals surface area contributed by atoms with E-state index in [1.807, 2.05) is 6.92 Å². The fourth-order valence-corrected chi connectivity index (χ4v) is 2.40. The number of anilines is 1. The zero-order chi connectivity index (χ0) is 17.9. The maximum atomic E-state index is 11.9. The molecule has 6 nitrogen and oxygen atoms in total. The Labute approximate surface area is 144 Å². The Kier molecular flexibility index (Phi) is 5.64. The normalized spacial score (nSPS) is 11.9. The molecule has 2 amide bonds. The third kappa shape index (κ3) is 4.37. The van der Waals surface area contributed by atoms with Gasteiger partial charge in [0.1, 0.15) is 11.5 Å². The van der Waals surface area contributed by atoms with Crippen molar-refractivity contribution >= 4 is 29.1 Å². The molecule has 0 bridgehead atoms. The van der Waals surface area contributed by atoms with E-state index in [4.69, 9.17) is 16.0 Å². The van der Waals surface area contributed by atoms with Crippen molar-refractivity contribution in [2.24, 2.45) is 0 Å². The highest BCUT2D eigenvalue weighted by Gasteiger charge is 2.18. The molecule has 0 saturated carbocycles. The highest BCUT2D eigenvalue weighted by molar-refractivity contribution is 6.39. The summed E-state index contributed by atoms with van der Waals surface area (Å²) >= 11 is 5.97. The van der Waals surface area contributed by atoms with E-state index in [1.54, 1.807) is 38.1 Å². The summed E-state index contributed by atoms with van der Waals surface area (Å²) in [6, 6.07) is 6.65. The van der Waals surface area contributed by atoms with E-state index in [9.17, 15) is 14.7 Å². The van der Waals surface area contributed by atoms with Gasteiger partial charge >= 0.3 is 11.8 Å². The van der Waals surface area contributed by atoms with Crippen LogP contribution in [-0.4, -0.2) is 23.5 Å². The van der Waals surface area contributed by atoms with E-state index in [2.05, 4.69) is 10.6 Å². The molecule has 0 aliphatic rings. The summed E-state index contributed by atoms with van der Waals surface area (Å²) in [5, 5.41) is 15.4. The predicted molar refractivity (Wildman–Crippen MR) is 91.0 cm³/mol. The fourth-order valence-electron chi connectivity index (χ4n) is 2.22. The molecule has 0 spiro atoms. The molecule has 0 aliphatic heterocycles. The number of aliphatic hydroxyl groups excluding tert-OH is 1. The van der Waals surface area contributed by atoms with Crippen LogP contribution in [0.25, 0.3) is 0 Å². The van der Waals surface area contributed by atoms with Crippen LogP contribution in [-0.2, 0) is 9.59 Å². The number of rotatable bonds is 4. The number of aryl methyl sites for hydroxylation is 3. The lowest BCUT2D eigenvalue weighted by Gasteiger charge is -2.11. The molecule has 3 N–H and O–H groups in total. The lowest BCUT2D eigenvalue weighted by Crippen LogP contribution is -2.37. The van der Waals surface area contributed by atoms with Gasteiger partial charge in [-0.1, -0.05) is 17.7 Å². The summed E-state index contributed by atoms with van der Waals surface area (Å²) in [5.74, 6) is -0.430. The summed E-state index contributed by atoms with van der Waals surface area (Å²) in [6.45, 7) is 5.23. The van der Waals surface area contributed by atoms with Gasteiger partial charge in [0.2, 0.25) is 0 Å². The SMILES string of the molecule is Cc1cc(C(O)CNC(=O)C(=O)Nc2ccc(C)c(Cl)c2)c(C)o1. The van der Waals surface area contributed by atoms with Crippen LogP contribution in [0.15, 0.2) is 28.7 Å². The molecule has 1 aromatic heterocycles. The molecule has 1 unspecified atom stereocenters. The van der Waals surface area contributed by atoms with Crippen molar-refractivity contribution in [2.75, 3.05) is 11.9 Å². The lowest BCUT2D eigenvalue weighted by atomic mass is 10.1.